The fourth-order valence-corrected chi connectivity index (χ4v) is 3.56. The zero-order valence-corrected chi connectivity index (χ0v) is 15.8. The Kier molecular flexibility index (Phi) is 6.03. The zero-order valence-electron chi connectivity index (χ0n) is 15.8. The maximum absolute atomic E-state index is 13.0. The molecule has 0 bridgehead atoms. The normalized spacial score (nSPS) is 15.9. The molecule has 0 spiro atoms. The van der Waals surface area contributed by atoms with E-state index in [0.29, 0.717) is 22.5 Å². The second kappa shape index (κ2) is 7.85. The lowest BCUT2D eigenvalue weighted by Crippen LogP contribution is -2.43. The summed E-state index contributed by atoms with van der Waals surface area (Å²) in [5.41, 5.74) is 1.98. The monoisotopic (exact) mass is 348 g/mol. The molecule has 0 saturated heterocycles. The van der Waals surface area contributed by atoms with Crippen LogP contribution < -0.4 is 0 Å². The van der Waals surface area contributed by atoms with Crippen LogP contribution in [0.4, 0.5) is 0 Å². The number of likely N-dealkylation sites (N-methyl/N-ethyl adjacent to an activating group) is 1. The van der Waals surface area contributed by atoms with Gasteiger partial charge in [0.2, 0.25) is 5.91 Å². The van der Waals surface area contributed by atoms with Crippen molar-refractivity contribution in [3.63, 3.8) is 0 Å². The maximum Gasteiger partial charge on any atom is 0.355 e. The average Bonchev–Trinajstić information content (AvgIpc) is 3.21. The third-order valence-corrected chi connectivity index (χ3v) is 5.18. The first kappa shape index (κ1) is 19.2. The Morgan fingerprint density at radius 2 is 1.84 bits per heavy atom. The van der Waals surface area contributed by atoms with Gasteiger partial charge >= 0.3 is 5.97 Å². The third-order valence-electron chi connectivity index (χ3n) is 5.18. The number of carbonyl (C=O) groups excluding carboxylic acids is 3. The number of ketones is 1. The number of Topliss-reactive ketones (excluding diaryl/α,β-unsaturated/α-hetero) is 1. The first-order valence-corrected chi connectivity index (χ1v) is 8.96. The van der Waals surface area contributed by atoms with E-state index in [4.69, 9.17) is 4.74 Å². The number of hydrogen-bond acceptors (Lipinski definition) is 4. The van der Waals surface area contributed by atoms with Crippen LogP contribution in [0.15, 0.2) is 0 Å². The summed E-state index contributed by atoms with van der Waals surface area (Å²) in [4.78, 5) is 42.1. The molecule has 1 heterocycles. The van der Waals surface area contributed by atoms with E-state index in [1.165, 1.54) is 0 Å². The summed E-state index contributed by atoms with van der Waals surface area (Å²) in [7, 11) is 1.69. The lowest BCUT2D eigenvalue weighted by atomic mass is 9.98. The minimum atomic E-state index is -0.573. The highest BCUT2D eigenvalue weighted by molar-refractivity contribution is 6.06. The van der Waals surface area contributed by atoms with Gasteiger partial charge in [0.25, 0.3) is 0 Å². The number of aryl methyl sites for hydroxylation is 1. The van der Waals surface area contributed by atoms with E-state index in [9.17, 15) is 14.4 Å². The summed E-state index contributed by atoms with van der Waals surface area (Å²) in [6, 6.07) is -0.573. The molecule has 1 aliphatic carbocycles. The van der Waals surface area contributed by atoms with Crippen molar-refractivity contribution in [3.05, 3.63) is 22.5 Å². The summed E-state index contributed by atoms with van der Waals surface area (Å²) < 4.78 is 5.02. The molecule has 6 nitrogen and oxygen atoms in total. The molecule has 0 aliphatic heterocycles. The molecule has 2 rings (SSSR count). The predicted octanol–water partition coefficient (Wildman–Crippen LogP) is 3.03. The minimum Gasteiger partial charge on any atom is -0.461 e. The number of amides is 1. The van der Waals surface area contributed by atoms with Crippen LogP contribution in [-0.2, 0) is 9.53 Å². The van der Waals surface area contributed by atoms with E-state index in [0.717, 1.165) is 25.7 Å². The van der Waals surface area contributed by atoms with Crippen LogP contribution in [0.2, 0.25) is 0 Å². The molecule has 1 N–H and O–H groups in total. The standard InChI is InChI=1S/C19H28N2O4/c1-6-25-19(24)16-11(2)15(12(3)20-16)17(22)13(4)21(5)18(23)14-9-7-8-10-14/h13-14,20H,6-10H2,1-5H3. The second-order valence-electron chi connectivity index (χ2n) is 6.82. The molecule has 138 valence electrons. The van der Waals surface area contributed by atoms with Gasteiger partial charge in [0.05, 0.1) is 12.6 Å². The Morgan fingerprint density at radius 3 is 2.40 bits per heavy atom. The molecule has 1 aliphatic rings. The van der Waals surface area contributed by atoms with Crippen LogP contribution in [0.5, 0.6) is 0 Å². The van der Waals surface area contributed by atoms with Crippen molar-refractivity contribution in [3.8, 4) is 0 Å². The Bertz CT molecular complexity index is 671. The van der Waals surface area contributed by atoms with Gasteiger partial charge in [-0.1, -0.05) is 12.8 Å². The first-order chi connectivity index (χ1) is 11.8. The van der Waals surface area contributed by atoms with Crippen molar-refractivity contribution in [1.29, 1.82) is 0 Å². The molecule has 1 aromatic heterocycles. The Morgan fingerprint density at radius 1 is 1.24 bits per heavy atom. The number of esters is 1. The summed E-state index contributed by atoms with van der Waals surface area (Å²) in [5, 5.41) is 0. The fraction of sp³-hybridized carbons (Fsp3) is 0.632. The van der Waals surface area contributed by atoms with Crippen LogP contribution in [-0.4, -0.2) is 47.2 Å². The van der Waals surface area contributed by atoms with Gasteiger partial charge in [-0.25, -0.2) is 4.79 Å². The van der Waals surface area contributed by atoms with Crippen LogP contribution in [0.25, 0.3) is 0 Å². The zero-order chi connectivity index (χ0) is 18.7. The van der Waals surface area contributed by atoms with Crippen molar-refractivity contribution < 1.29 is 19.1 Å². The first-order valence-electron chi connectivity index (χ1n) is 8.96. The molecule has 1 unspecified atom stereocenters. The van der Waals surface area contributed by atoms with Gasteiger partial charge in [-0.15, -0.1) is 0 Å². The minimum absolute atomic E-state index is 0.0313. The molecular weight excluding hydrogens is 320 g/mol. The Labute approximate surface area is 148 Å². The summed E-state index contributed by atoms with van der Waals surface area (Å²) >= 11 is 0. The maximum atomic E-state index is 13.0. The van der Waals surface area contributed by atoms with Gasteiger partial charge in [-0.3, -0.25) is 9.59 Å². The number of carbonyl (C=O) groups is 3. The lowest BCUT2D eigenvalue weighted by Gasteiger charge is -2.26. The smallest absolute Gasteiger partial charge is 0.355 e. The van der Waals surface area contributed by atoms with Crippen LogP contribution in [0, 0.1) is 19.8 Å². The van der Waals surface area contributed by atoms with Gasteiger partial charge in [-0.2, -0.15) is 0 Å². The number of nitrogens with one attached hydrogen (secondary N) is 1. The summed E-state index contributed by atoms with van der Waals surface area (Å²) in [6.45, 7) is 7.24. The SMILES string of the molecule is CCOC(=O)c1[nH]c(C)c(C(=O)C(C)N(C)C(=O)C2CCCC2)c1C. The quantitative estimate of drug-likeness (QED) is 0.633. The number of aromatic nitrogens is 1. The van der Waals surface area contributed by atoms with Crippen LogP contribution >= 0.6 is 0 Å². The van der Waals surface area contributed by atoms with Crippen molar-refractivity contribution >= 4 is 17.7 Å². The van der Waals surface area contributed by atoms with Gasteiger partial charge in [0.15, 0.2) is 5.78 Å². The van der Waals surface area contributed by atoms with E-state index in [2.05, 4.69) is 4.98 Å². The molecule has 1 fully saturated rings. The third kappa shape index (κ3) is 3.78. The van der Waals surface area contributed by atoms with Crippen molar-refractivity contribution in [2.75, 3.05) is 13.7 Å². The number of rotatable bonds is 6. The van der Waals surface area contributed by atoms with E-state index in [-0.39, 0.29) is 24.2 Å². The molecule has 1 atom stereocenters. The summed E-state index contributed by atoms with van der Waals surface area (Å²) in [6.07, 6.45) is 3.95. The predicted molar refractivity (Wildman–Crippen MR) is 94.7 cm³/mol. The molecule has 25 heavy (non-hydrogen) atoms. The highest BCUT2D eigenvalue weighted by Crippen LogP contribution is 2.28. The highest BCUT2D eigenvalue weighted by atomic mass is 16.5. The highest BCUT2D eigenvalue weighted by Gasteiger charge is 2.33. The Hall–Kier alpha value is -2.11. The van der Waals surface area contributed by atoms with E-state index < -0.39 is 12.0 Å². The lowest BCUT2D eigenvalue weighted by molar-refractivity contribution is -0.135. The largest absolute Gasteiger partial charge is 0.461 e. The average molecular weight is 348 g/mol. The summed E-state index contributed by atoms with van der Waals surface area (Å²) in [5.74, 6) is -0.556. The number of aromatic amines is 1. The van der Waals surface area contributed by atoms with Gasteiger partial charge < -0.3 is 14.6 Å². The molecule has 0 radical (unpaired) electrons. The molecule has 1 amide bonds. The molecular formula is C19H28N2O4. The number of hydrogen-bond donors (Lipinski definition) is 1. The molecule has 6 heteroatoms. The Balaban J connectivity index is 2.21. The fourth-order valence-electron chi connectivity index (χ4n) is 3.56. The number of nitrogens with zero attached hydrogens (tertiary/aromatic N) is 1. The van der Waals surface area contributed by atoms with Crippen molar-refractivity contribution in [2.45, 2.75) is 59.4 Å². The van der Waals surface area contributed by atoms with Crippen LogP contribution in [0.3, 0.4) is 0 Å². The van der Waals surface area contributed by atoms with E-state index in [1.54, 1.807) is 39.6 Å². The van der Waals surface area contributed by atoms with E-state index in [1.807, 2.05) is 0 Å². The number of H-pyrrole nitrogens is 1. The second-order valence-corrected chi connectivity index (χ2v) is 6.82. The number of ether oxygens (including phenoxy) is 1. The molecule has 1 aromatic rings. The van der Waals surface area contributed by atoms with E-state index >= 15 is 0 Å². The van der Waals surface area contributed by atoms with Gasteiger partial charge in [0.1, 0.15) is 5.69 Å². The van der Waals surface area contributed by atoms with Crippen molar-refractivity contribution in [1.82, 2.24) is 9.88 Å². The van der Waals surface area contributed by atoms with Gasteiger partial charge in [-0.05, 0) is 46.1 Å². The van der Waals surface area contributed by atoms with Crippen molar-refractivity contribution in [2.24, 2.45) is 5.92 Å². The molecule has 1 saturated carbocycles. The molecule has 0 aromatic carbocycles. The van der Waals surface area contributed by atoms with Crippen LogP contribution in [0.1, 0.15) is 71.6 Å². The topological polar surface area (TPSA) is 79.5 Å². The van der Waals surface area contributed by atoms with Gasteiger partial charge in [0, 0.05) is 24.2 Å².